The van der Waals surface area contributed by atoms with Gasteiger partial charge in [0, 0.05) is 17.8 Å². The number of hydrogen-bond acceptors (Lipinski definition) is 7. The average molecular weight is 473 g/mol. The first-order chi connectivity index (χ1) is 16.9. The molecule has 1 aliphatic heterocycles. The third-order valence-corrected chi connectivity index (χ3v) is 5.89. The summed E-state index contributed by atoms with van der Waals surface area (Å²) in [4.78, 5) is 30.4. The maximum absolute atomic E-state index is 13.4. The Labute approximate surface area is 201 Å². The molecule has 0 radical (unpaired) electrons. The van der Waals surface area contributed by atoms with Crippen LogP contribution in [0, 0.1) is 20.8 Å². The van der Waals surface area contributed by atoms with Crippen LogP contribution in [0.25, 0.3) is 22.8 Å². The van der Waals surface area contributed by atoms with Gasteiger partial charge in [-0.1, -0.05) is 35.0 Å². The fourth-order valence-electron chi connectivity index (χ4n) is 3.97. The van der Waals surface area contributed by atoms with Crippen molar-refractivity contribution in [2.24, 2.45) is 0 Å². The van der Waals surface area contributed by atoms with E-state index in [1.165, 1.54) is 4.57 Å². The van der Waals surface area contributed by atoms with E-state index in [0.29, 0.717) is 40.7 Å². The highest BCUT2D eigenvalue weighted by atomic mass is 16.7. The fourth-order valence-corrected chi connectivity index (χ4v) is 3.97. The Morgan fingerprint density at radius 2 is 1.80 bits per heavy atom. The van der Waals surface area contributed by atoms with E-state index in [9.17, 15) is 9.59 Å². The van der Waals surface area contributed by atoms with E-state index in [-0.39, 0.29) is 36.3 Å². The maximum Gasteiger partial charge on any atom is 0.264 e. The normalized spacial score (nSPS) is 12.1. The minimum atomic E-state index is -0.367. The number of benzene rings is 2. The zero-order valence-corrected chi connectivity index (χ0v) is 19.6. The van der Waals surface area contributed by atoms with E-state index < -0.39 is 0 Å². The smallest absolute Gasteiger partial charge is 0.264 e. The number of ether oxygens (including phenoxy) is 2. The summed E-state index contributed by atoms with van der Waals surface area (Å²) in [6.45, 7) is 6.03. The number of nitrogens with one attached hydrogen (secondary N) is 1. The van der Waals surface area contributed by atoms with Crippen LogP contribution in [0.4, 0.5) is 0 Å². The van der Waals surface area contributed by atoms with Crippen LogP contribution >= 0.6 is 0 Å². The van der Waals surface area contributed by atoms with Crippen LogP contribution in [0.15, 0.2) is 57.8 Å². The lowest BCUT2D eigenvalue weighted by Crippen LogP contribution is -2.34. The van der Waals surface area contributed by atoms with E-state index in [1.807, 2.05) is 37.3 Å². The molecule has 0 fully saturated rings. The van der Waals surface area contributed by atoms with E-state index in [0.717, 1.165) is 11.1 Å². The van der Waals surface area contributed by atoms with Crippen molar-refractivity contribution in [2.75, 3.05) is 6.79 Å². The van der Waals surface area contributed by atoms with E-state index in [4.69, 9.17) is 14.0 Å². The van der Waals surface area contributed by atoms with Crippen LogP contribution in [0.2, 0.25) is 0 Å². The molecule has 1 amide bonds. The largest absolute Gasteiger partial charge is 0.454 e. The van der Waals surface area contributed by atoms with Gasteiger partial charge in [-0.2, -0.15) is 4.98 Å². The molecule has 35 heavy (non-hydrogen) atoms. The van der Waals surface area contributed by atoms with Gasteiger partial charge in [0.25, 0.3) is 11.4 Å². The van der Waals surface area contributed by atoms with Crippen LogP contribution < -0.4 is 20.3 Å². The molecule has 3 heterocycles. The molecule has 0 saturated carbocycles. The monoisotopic (exact) mass is 472 g/mol. The first-order valence-electron chi connectivity index (χ1n) is 11.2. The van der Waals surface area contributed by atoms with Gasteiger partial charge in [0.15, 0.2) is 11.5 Å². The van der Waals surface area contributed by atoms with Gasteiger partial charge in [-0.25, -0.2) is 0 Å². The summed E-state index contributed by atoms with van der Waals surface area (Å²) < 4.78 is 17.6. The molecule has 0 bridgehead atoms. The SMILES string of the molecule is Cc1ccc(CNC(=O)Cn2c(C)cc(C)c(-c3nc(-c4ccc5c(c4)OCO5)no3)c2=O)cc1. The van der Waals surface area contributed by atoms with E-state index >= 15 is 0 Å². The van der Waals surface area contributed by atoms with E-state index in [1.54, 1.807) is 32.0 Å². The minimum absolute atomic E-state index is 0.0916. The quantitative estimate of drug-likeness (QED) is 0.457. The summed E-state index contributed by atoms with van der Waals surface area (Å²) >= 11 is 0. The number of pyridine rings is 1. The van der Waals surface area contributed by atoms with Crippen LogP contribution in [0.3, 0.4) is 0 Å². The van der Waals surface area contributed by atoms with Crippen LogP contribution in [0.1, 0.15) is 22.4 Å². The fraction of sp³-hybridized carbons (Fsp3) is 0.231. The van der Waals surface area contributed by atoms with Crippen molar-refractivity contribution in [1.29, 1.82) is 0 Å². The molecular formula is C26H24N4O5. The van der Waals surface area contributed by atoms with Gasteiger partial charge in [0.1, 0.15) is 12.1 Å². The van der Waals surface area contributed by atoms with Crippen molar-refractivity contribution in [3.8, 4) is 34.3 Å². The average Bonchev–Trinajstić information content (AvgIpc) is 3.50. The number of hydrogen-bond donors (Lipinski definition) is 1. The molecule has 4 aromatic rings. The Kier molecular flexibility index (Phi) is 5.82. The highest BCUT2D eigenvalue weighted by molar-refractivity contribution is 5.76. The van der Waals surface area contributed by atoms with Gasteiger partial charge in [0.2, 0.25) is 18.5 Å². The molecule has 9 heteroatoms. The van der Waals surface area contributed by atoms with Crippen molar-refractivity contribution in [2.45, 2.75) is 33.9 Å². The third kappa shape index (κ3) is 4.52. The summed E-state index contributed by atoms with van der Waals surface area (Å²) in [5, 5.41) is 6.91. The molecule has 2 aromatic heterocycles. The van der Waals surface area contributed by atoms with Crippen LogP contribution in [0.5, 0.6) is 11.5 Å². The van der Waals surface area contributed by atoms with Gasteiger partial charge in [-0.15, -0.1) is 0 Å². The molecule has 5 rings (SSSR count). The molecule has 0 atom stereocenters. The van der Waals surface area contributed by atoms with Gasteiger partial charge in [0.05, 0.1) is 0 Å². The Hall–Kier alpha value is -4.40. The Morgan fingerprint density at radius 1 is 1.03 bits per heavy atom. The van der Waals surface area contributed by atoms with Gasteiger partial charge >= 0.3 is 0 Å². The zero-order valence-electron chi connectivity index (χ0n) is 19.6. The van der Waals surface area contributed by atoms with E-state index in [2.05, 4.69) is 15.5 Å². The second kappa shape index (κ2) is 9.09. The molecule has 1 aliphatic rings. The molecule has 0 saturated heterocycles. The van der Waals surface area contributed by atoms with Gasteiger partial charge in [-0.05, 0) is 56.2 Å². The summed E-state index contributed by atoms with van der Waals surface area (Å²) in [7, 11) is 0. The number of carbonyl (C=O) groups excluding carboxylic acids is 1. The number of rotatable bonds is 6. The summed E-state index contributed by atoms with van der Waals surface area (Å²) in [5.74, 6) is 1.39. The topological polar surface area (TPSA) is 108 Å². The second-order valence-electron chi connectivity index (χ2n) is 8.49. The first-order valence-corrected chi connectivity index (χ1v) is 11.2. The van der Waals surface area contributed by atoms with Crippen molar-refractivity contribution in [3.63, 3.8) is 0 Å². The lowest BCUT2D eigenvalue weighted by atomic mass is 10.1. The van der Waals surface area contributed by atoms with Gasteiger partial charge in [-0.3, -0.25) is 9.59 Å². The Morgan fingerprint density at radius 3 is 2.60 bits per heavy atom. The minimum Gasteiger partial charge on any atom is -0.454 e. The summed E-state index contributed by atoms with van der Waals surface area (Å²) in [6.07, 6.45) is 0. The molecule has 1 N–H and O–H groups in total. The van der Waals surface area contributed by atoms with Gasteiger partial charge < -0.3 is 23.9 Å². The standard InChI is InChI=1S/C26H24N4O5/c1-15-4-6-18(7-5-15)12-27-22(31)13-30-17(3)10-16(2)23(26(30)32)25-28-24(29-35-25)19-8-9-20-21(11-19)34-14-33-20/h4-11H,12-14H2,1-3H3,(H,27,31). The zero-order chi connectivity index (χ0) is 24.5. The molecule has 0 unspecified atom stereocenters. The molecule has 0 spiro atoms. The third-order valence-electron chi connectivity index (χ3n) is 5.89. The number of amides is 1. The summed E-state index contributed by atoms with van der Waals surface area (Å²) in [6, 6.07) is 15.1. The van der Waals surface area contributed by atoms with Crippen molar-refractivity contribution >= 4 is 5.91 Å². The number of aromatic nitrogens is 3. The molecule has 9 nitrogen and oxygen atoms in total. The van der Waals surface area contributed by atoms with Crippen molar-refractivity contribution in [1.82, 2.24) is 20.0 Å². The lowest BCUT2D eigenvalue weighted by Gasteiger charge is -2.13. The Balaban J connectivity index is 1.38. The van der Waals surface area contributed by atoms with Crippen molar-refractivity contribution in [3.05, 3.63) is 81.3 Å². The Bertz CT molecular complexity index is 1470. The predicted octanol–water partition coefficient (Wildman–Crippen LogP) is 3.54. The number of carbonyl (C=O) groups is 1. The second-order valence-corrected chi connectivity index (χ2v) is 8.49. The highest BCUT2D eigenvalue weighted by Crippen LogP contribution is 2.35. The predicted molar refractivity (Wildman–Crippen MR) is 128 cm³/mol. The molecule has 2 aromatic carbocycles. The number of aryl methyl sites for hydroxylation is 3. The molecule has 0 aliphatic carbocycles. The first kappa shape index (κ1) is 22.4. The maximum atomic E-state index is 13.4. The summed E-state index contributed by atoms with van der Waals surface area (Å²) in [5.41, 5.74) is 4.05. The highest BCUT2D eigenvalue weighted by Gasteiger charge is 2.21. The van der Waals surface area contributed by atoms with Crippen LogP contribution in [-0.2, 0) is 17.9 Å². The van der Waals surface area contributed by atoms with Crippen LogP contribution in [-0.4, -0.2) is 27.4 Å². The number of nitrogens with zero attached hydrogens (tertiary/aromatic N) is 3. The number of fused-ring (bicyclic) bond motifs is 1. The molecule has 178 valence electrons. The lowest BCUT2D eigenvalue weighted by molar-refractivity contribution is -0.121. The van der Waals surface area contributed by atoms with Crippen molar-refractivity contribution < 1.29 is 18.8 Å². The molecular weight excluding hydrogens is 448 g/mol.